The molecule has 21 heavy (non-hydrogen) atoms. The summed E-state index contributed by atoms with van der Waals surface area (Å²) in [7, 11) is 0. The maximum absolute atomic E-state index is 12.0. The van der Waals surface area contributed by atoms with Gasteiger partial charge in [-0.25, -0.2) is 4.79 Å². The number of hydrogen-bond acceptors (Lipinski definition) is 4. The van der Waals surface area contributed by atoms with Gasteiger partial charge in [-0.1, -0.05) is 19.8 Å². The highest BCUT2D eigenvalue weighted by Gasteiger charge is 2.54. The van der Waals surface area contributed by atoms with Crippen molar-refractivity contribution in [2.45, 2.75) is 77.2 Å². The van der Waals surface area contributed by atoms with Crippen LogP contribution in [0.5, 0.6) is 0 Å². The highest BCUT2D eigenvalue weighted by atomic mass is 16.6. The molecule has 1 heterocycles. The summed E-state index contributed by atoms with van der Waals surface area (Å²) in [6.45, 7) is 9.64. The fourth-order valence-electron chi connectivity index (χ4n) is 3.23. The molecule has 1 aliphatic heterocycles. The Kier molecular flexibility index (Phi) is 5.49. The van der Waals surface area contributed by atoms with Gasteiger partial charge in [0.25, 0.3) is 0 Å². The van der Waals surface area contributed by atoms with Gasteiger partial charge < -0.3 is 20.1 Å². The number of amides is 1. The van der Waals surface area contributed by atoms with Crippen LogP contribution in [0.1, 0.15) is 53.4 Å². The van der Waals surface area contributed by atoms with Crippen LogP contribution < -0.4 is 10.6 Å². The summed E-state index contributed by atoms with van der Waals surface area (Å²) in [5.41, 5.74) is -0.455. The second-order valence-corrected chi connectivity index (χ2v) is 7.15. The second-order valence-electron chi connectivity index (χ2n) is 7.15. The zero-order valence-electron chi connectivity index (χ0n) is 13.8. The van der Waals surface area contributed by atoms with E-state index in [-0.39, 0.29) is 24.3 Å². The van der Waals surface area contributed by atoms with E-state index in [1.807, 2.05) is 20.8 Å². The molecule has 2 N–H and O–H groups in total. The van der Waals surface area contributed by atoms with Crippen LogP contribution >= 0.6 is 0 Å². The topological polar surface area (TPSA) is 59.6 Å². The van der Waals surface area contributed by atoms with Gasteiger partial charge in [-0.05, 0) is 40.2 Å². The average molecular weight is 298 g/mol. The van der Waals surface area contributed by atoms with Crippen LogP contribution in [-0.4, -0.2) is 43.0 Å². The van der Waals surface area contributed by atoms with Gasteiger partial charge >= 0.3 is 6.09 Å². The smallest absolute Gasteiger partial charge is 0.407 e. The Morgan fingerprint density at radius 2 is 2.05 bits per heavy atom. The fraction of sp³-hybridized carbons (Fsp3) is 0.938. The average Bonchev–Trinajstić information content (AvgIpc) is 2.78. The third kappa shape index (κ3) is 4.33. The number of unbranched alkanes of at least 4 members (excludes halogenated alkanes) is 2. The minimum Gasteiger partial charge on any atom is -0.444 e. The van der Waals surface area contributed by atoms with Gasteiger partial charge in [0, 0.05) is 12.5 Å². The molecule has 1 saturated heterocycles. The summed E-state index contributed by atoms with van der Waals surface area (Å²) in [6, 6.07) is 0.357. The highest BCUT2D eigenvalue weighted by Crippen LogP contribution is 2.39. The van der Waals surface area contributed by atoms with Crippen LogP contribution in [0.15, 0.2) is 0 Å². The van der Waals surface area contributed by atoms with Crippen molar-refractivity contribution in [2.75, 3.05) is 13.2 Å². The molecule has 0 radical (unpaired) electrons. The van der Waals surface area contributed by atoms with E-state index >= 15 is 0 Å². The zero-order chi connectivity index (χ0) is 15.5. The summed E-state index contributed by atoms with van der Waals surface area (Å²) < 4.78 is 11.1. The van der Waals surface area contributed by atoms with Crippen LogP contribution in [0.3, 0.4) is 0 Å². The fourth-order valence-corrected chi connectivity index (χ4v) is 3.23. The molecule has 122 valence electrons. The first-order valence-corrected chi connectivity index (χ1v) is 8.27. The van der Waals surface area contributed by atoms with Gasteiger partial charge in [-0.2, -0.15) is 0 Å². The number of hydrogen-bond donors (Lipinski definition) is 2. The summed E-state index contributed by atoms with van der Waals surface area (Å²) in [5, 5.41) is 6.58. The van der Waals surface area contributed by atoms with Crippen molar-refractivity contribution in [1.82, 2.24) is 10.6 Å². The van der Waals surface area contributed by atoms with E-state index in [0.29, 0.717) is 5.92 Å². The monoisotopic (exact) mass is 298 g/mol. The summed E-state index contributed by atoms with van der Waals surface area (Å²) >= 11 is 0. The normalized spacial score (nSPS) is 31.4. The van der Waals surface area contributed by atoms with Crippen molar-refractivity contribution in [2.24, 2.45) is 5.92 Å². The lowest BCUT2D eigenvalue weighted by atomic mass is 9.71. The maximum atomic E-state index is 12.0. The van der Waals surface area contributed by atoms with Crippen LogP contribution in [0.2, 0.25) is 0 Å². The lowest BCUT2D eigenvalue weighted by molar-refractivity contribution is -0.0337. The van der Waals surface area contributed by atoms with E-state index in [9.17, 15) is 4.79 Å². The van der Waals surface area contributed by atoms with Gasteiger partial charge in [0.15, 0.2) is 0 Å². The third-order valence-corrected chi connectivity index (χ3v) is 4.23. The van der Waals surface area contributed by atoms with E-state index in [1.54, 1.807) is 0 Å². The molecule has 0 bridgehead atoms. The number of nitrogens with one attached hydrogen (secondary N) is 2. The second kappa shape index (κ2) is 6.97. The van der Waals surface area contributed by atoms with Crippen LogP contribution in [-0.2, 0) is 9.47 Å². The SMILES string of the molecule is CCCCCNC1C(NC(=O)OC(C)(C)C)C2CCOC21. The quantitative estimate of drug-likeness (QED) is 0.740. The predicted molar refractivity (Wildman–Crippen MR) is 82.3 cm³/mol. The Morgan fingerprint density at radius 3 is 2.71 bits per heavy atom. The van der Waals surface area contributed by atoms with Gasteiger partial charge in [0.1, 0.15) is 5.60 Å². The Labute approximate surface area is 128 Å². The molecule has 4 atom stereocenters. The number of ether oxygens (including phenoxy) is 2. The van der Waals surface area contributed by atoms with Crippen molar-refractivity contribution < 1.29 is 14.3 Å². The summed E-state index contributed by atoms with van der Waals surface area (Å²) in [4.78, 5) is 12.0. The largest absolute Gasteiger partial charge is 0.444 e. The van der Waals surface area contributed by atoms with Gasteiger partial charge in [0.2, 0.25) is 0 Å². The molecule has 0 aromatic carbocycles. The molecule has 1 amide bonds. The van der Waals surface area contributed by atoms with Crippen molar-refractivity contribution in [3.8, 4) is 0 Å². The predicted octanol–water partition coefficient (Wildman–Crippen LogP) is 2.45. The van der Waals surface area contributed by atoms with E-state index in [0.717, 1.165) is 19.6 Å². The van der Waals surface area contributed by atoms with E-state index < -0.39 is 5.60 Å². The van der Waals surface area contributed by atoms with Crippen LogP contribution in [0.25, 0.3) is 0 Å². The minimum absolute atomic E-state index is 0.133. The molecule has 5 heteroatoms. The number of fused-ring (bicyclic) bond motifs is 1. The molecular formula is C16H30N2O3. The van der Waals surface area contributed by atoms with E-state index in [4.69, 9.17) is 9.47 Å². The molecule has 2 fully saturated rings. The Morgan fingerprint density at radius 1 is 1.29 bits per heavy atom. The first-order valence-electron chi connectivity index (χ1n) is 8.27. The first-order chi connectivity index (χ1) is 9.92. The zero-order valence-corrected chi connectivity index (χ0v) is 13.8. The van der Waals surface area contributed by atoms with Crippen molar-refractivity contribution in [3.63, 3.8) is 0 Å². The third-order valence-electron chi connectivity index (χ3n) is 4.23. The van der Waals surface area contributed by atoms with Crippen LogP contribution in [0.4, 0.5) is 4.79 Å². The number of carbonyl (C=O) groups excluding carboxylic acids is 1. The summed E-state index contributed by atoms with van der Waals surface area (Å²) in [5.74, 6) is 0.432. The molecule has 2 aliphatic rings. The van der Waals surface area contributed by atoms with E-state index in [1.165, 1.54) is 19.3 Å². The van der Waals surface area contributed by atoms with Gasteiger partial charge in [-0.15, -0.1) is 0 Å². The molecule has 5 nitrogen and oxygen atoms in total. The van der Waals surface area contributed by atoms with Crippen molar-refractivity contribution >= 4 is 6.09 Å². The number of carbonyl (C=O) groups is 1. The van der Waals surface area contributed by atoms with Crippen molar-refractivity contribution in [1.29, 1.82) is 0 Å². The highest BCUT2D eigenvalue weighted by molar-refractivity contribution is 5.68. The number of alkyl carbamates (subject to hydrolysis) is 1. The Hall–Kier alpha value is -0.810. The van der Waals surface area contributed by atoms with Gasteiger partial charge in [0.05, 0.1) is 18.2 Å². The number of rotatable bonds is 6. The van der Waals surface area contributed by atoms with E-state index in [2.05, 4.69) is 17.6 Å². The molecule has 0 spiro atoms. The molecule has 2 rings (SSSR count). The molecule has 0 aromatic rings. The van der Waals surface area contributed by atoms with Gasteiger partial charge in [-0.3, -0.25) is 0 Å². The first kappa shape index (κ1) is 16.6. The molecule has 4 unspecified atom stereocenters. The maximum Gasteiger partial charge on any atom is 0.407 e. The minimum atomic E-state index is -0.455. The molecular weight excluding hydrogens is 268 g/mol. The lowest BCUT2D eigenvalue weighted by Gasteiger charge is -2.48. The van der Waals surface area contributed by atoms with Crippen LogP contribution in [0, 0.1) is 5.92 Å². The van der Waals surface area contributed by atoms with Crippen molar-refractivity contribution in [3.05, 3.63) is 0 Å². The standard InChI is InChI=1S/C16H30N2O3/c1-5-6-7-9-17-13-12(11-8-10-20-14(11)13)18-15(19)21-16(2,3)4/h11-14,17H,5-10H2,1-4H3,(H,18,19). The molecule has 1 saturated carbocycles. The molecule has 1 aliphatic carbocycles. The lowest BCUT2D eigenvalue weighted by Crippen LogP contribution is -2.70. The molecule has 0 aromatic heterocycles. The summed E-state index contributed by atoms with van der Waals surface area (Å²) in [6.07, 6.45) is 4.58. The Balaban J connectivity index is 1.82. The Bertz CT molecular complexity index is 354.